The fourth-order valence-corrected chi connectivity index (χ4v) is 3.73. The van der Waals surface area contributed by atoms with Gasteiger partial charge in [0.2, 0.25) is 0 Å². The van der Waals surface area contributed by atoms with E-state index in [1.54, 1.807) is 24.3 Å². The van der Waals surface area contributed by atoms with Gasteiger partial charge in [0.1, 0.15) is 11.6 Å². The normalized spacial score (nSPS) is 11.0. The van der Waals surface area contributed by atoms with Crippen LogP contribution >= 0.6 is 0 Å². The SMILES string of the molecule is COc1ccc(NC(=O)c2cccc(C)c2)cc1NS(=O)(=O)c1ccc(F)cc1. The fourth-order valence-electron chi connectivity index (χ4n) is 2.67. The van der Waals surface area contributed by atoms with Crippen molar-refractivity contribution in [3.05, 3.63) is 83.7 Å². The molecule has 150 valence electrons. The smallest absolute Gasteiger partial charge is 0.262 e. The molecule has 2 N–H and O–H groups in total. The Labute approximate surface area is 168 Å². The second-order valence-electron chi connectivity index (χ2n) is 6.30. The van der Waals surface area contributed by atoms with Crippen LogP contribution in [0.2, 0.25) is 0 Å². The molecule has 0 aromatic heterocycles. The average molecular weight is 414 g/mol. The van der Waals surface area contributed by atoms with Crippen molar-refractivity contribution in [3.8, 4) is 5.75 Å². The van der Waals surface area contributed by atoms with Gasteiger partial charge < -0.3 is 10.1 Å². The highest BCUT2D eigenvalue weighted by atomic mass is 32.2. The van der Waals surface area contributed by atoms with E-state index < -0.39 is 15.8 Å². The first-order valence-electron chi connectivity index (χ1n) is 8.63. The molecule has 0 atom stereocenters. The van der Waals surface area contributed by atoms with Crippen molar-refractivity contribution in [2.45, 2.75) is 11.8 Å². The minimum Gasteiger partial charge on any atom is -0.495 e. The van der Waals surface area contributed by atoms with E-state index in [2.05, 4.69) is 10.0 Å². The Morgan fingerprint density at radius 2 is 1.72 bits per heavy atom. The van der Waals surface area contributed by atoms with Crippen LogP contribution in [0.5, 0.6) is 5.75 Å². The van der Waals surface area contributed by atoms with Gasteiger partial charge in [-0.1, -0.05) is 17.7 Å². The number of sulfonamides is 1. The maximum atomic E-state index is 13.1. The van der Waals surface area contributed by atoms with E-state index in [4.69, 9.17) is 4.74 Å². The summed E-state index contributed by atoms with van der Waals surface area (Å²) in [7, 11) is -2.58. The molecule has 0 heterocycles. The maximum Gasteiger partial charge on any atom is 0.262 e. The van der Waals surface area contributed by atoms with Crippen LogP contribution in [-0.4, -0.2) is 21.4 Å². The van der Waals surface area contributed by atoms with E-state index >= 15 is 0 Å². The van der Waals surface area contributed by atoms with Gasteiger partial charge in [-0.25, -0.2) is 12.8 Å². The molecule has 0 saturated carbocycles. The molecule has 6 nitrogen and oxygen atoms in total. The highest BCUT2D eigenvalue weighted by Crippen LogP contribution is 2.30. The second kappa shape index (κ2) is 8.32. The molecule has 3 rings (SSSR count). The number of hydrogen-bond donors (Lipinski definition) is 2. The molecule has 0 aliphatic heterocycles. The minimum atomic E-state index is -3.98. The minimum absolute atomic E-state index is 0.102. The summed E-state index contributed by atoms with van der Waals surface area (Å²) in [5, 5.41) is 2.73. The molecule has 8 heteroatoms. The lowest BCUT2D eigenvalue weighted by Gasteiger charge is -2.14. The van der Waals surface area contributed by atoms with Crippen molar-refractivity contribution >= 4 is 27.3 Å². The van der Waals surface area contributed by atoms with Crippen molar-refractivity contribution in [2.75, 3.05) is 17.1 Å². The number of carbonyl (C=O) groups excluding carboxylic acids is 1. The third-order valence-corrected chi connectivity index (χ3v) is 5.49. The monoisotopic (exact) mass is 414 g/mol. The van der Waals surface area contributed by atoms with Crippen LogP contribution in [-0.2, 0) is 10.0 Å². The summed E-state index contributed by atoms with van der Waals surface area (Å²) in [6.45, 7) is 1.88. The van der Waals surface area contributed by atoms with E-state index in [1.807, 2.05) is 13.0 Å². The van der Waals surface area contributed by atoms with Gasteiger partial charge in [-0.2, -0.15) is 0 Å². The predicted octanol–water partition coefficient (Wildman–Crippen LogP) is 4.20. The van der Waals surface area contributed by atoms with Crippen LogP contribution in [0.25, 0.3) is 0 Å². The molecule has 0 unspecified atom stereocenters. The summed E-state index contributed by atoms with van der Waals surface area (Å²) in [6.07, 6.45) is 0. The topological polar surface area (TPSA) is 84.5 Å². The van der Waals surface area contributed by atoms with E-state index in [1.165, 1.54) is 19.2 Å². The number of ether oxygens (including phenoxy) is 1. The molecule has 0 fully saturated rings. The second-order valence-corrected chi connectivity index (χ2v) is 7.98. The standard InChI is InChI=1S/C21H19FN2O4S/c1-14-4-3-5-15(12-14)21(25)23-17-8-11-20(28-2)19(13-17)24-29(26,27)18-9-6-16(22)7-10-18/h3-13,24H,1-2H3,(H,23,25). The van der Waals surface area contributed by atoms with Gasteiger partial charge in [0.05, 0.1) is 17.7 Å². The number of halogens is 1. The molecule has 3 aromatic carbocycles. The Balaban J connectivity index is 1.87. The van der Waals surface area contributed by atoms with Crippen LogP contribution in [0.1, 0.15) is 15.9 Å². The van der Waals surface area contributed by atoms with Gasteiger partial charge in [0.15, 0.2) is 0 Å². The molecule has 1 amide bonds. The van der Waals surface area contributed by atoms with E-state index in [9.17, 15) is 17.6 Å². The zero-order valence-corrected chi connectivity index (χ0v) is 16.6. The number of amides is 1. The Hall–Kier alpha value is -3.39. The first-order valence-corrected chi connectivity index (χ1v) is 10.1. The molecule has 0 radical (unpaired) electrons. The van der Waals surface area contributed by atoms with Gasteiger partial charge in [0, 0.05) is 11.3 Å². The molecule has 3 aromatic rings. The largest absolute Gasteiger partial charge is 0.495 e. The number of nitrogens with one attached hydrogen (secondary N) is 2. The third kappa shape index (κ3) is 4.91. The van der Waals surface area contributed by atoms with Crippen molar-refractivity contribution < 1.29 is 22.3 Å². The molecule has 0 spiro atoms. The Morgan fingerprint density at radius 1 is 1.00 bits per heavy atom. The number of aryl methyl sites for hydroxylation is 1. The molecule has 0 aliphatic rings. The number of benzene rings is 3. The van der Waals surface area contributed by atoms with Crippen LogP contribution < -0.4 is 14.8 Å². The summed E-state index contributed by atoms with van der Waals surface area (Å²) in [5.41, 5.74) is 1.95. The van der Waals surface area contributed by atoms with E-state index in [-0.39, 0.29) is 22.2 Å². The number of hydrogen-bond acceptors (Lipinski definition) is 4. The van der Waals surface area contributed by atoms with Gasteiger partial charge in [0.25, 0.3) is 15.9 Å². The van der Waals surface area contributed by atoms with Crippen molar-refractivity contribution in [1.29, 1.82) is 0 Å². The quantitative estimate of drug-likeness (QED) is 0.633. The van der Waals surface area contributed by atoms with Gasteiger partial charge in [-0.05, 0) is 61.5 Å². The predicted molar refractivity (Wildman–Crippen MR) is 109 cm³/mol. The number of rotatable bonds is 6. The molecular formula is C21H19FN2O4S. The van der Waals surface area contributed by atoms with Crippen LogP contribution in [0.3, 0.4) is 0 Å². The molecule has 29 heavy (non-hydrogen) atoms. The van der Waals surface area contributed by atoms with Gasteiger partial charge in [-0.3, -0.25) is 9.52 Å². The number of carbonyl (C=O) groups is 1. The molecule has 0 saturated heterocycles. The third-order valence-electron chi connectivity index (χ3n) is 4.11. The Morgan fingerprint density at radius 3 is 2.38 bits per heavy atom. The van der Waals surface area contributed by atoms with Crippen molar-refractivity contribution in [1.82, 2.24) is 0 Å². The van der Waals surface area contributed by atoms with E-state index in [0.717, 1.165) is 29.8 Å². The Bertz CT molecular complexity index is 1150. The van der Waals surface area contributed by atoms with Gasteiger partial charge >= 0.3 is 0 Å². The van der Waals surface area contributed by atoms with Crippen LogP contribution in [0.4, 0.5) is 15.8 Å². The molecule has 0 bridgehead atoms. The van der Waals surface area contributed by atoms with Crippen LogP contribution in [0.15, 0.2) is 71.6 Å². The number of anilines is 2. The highest BCUT2D eigenvalue weighted by molar-refractivity contribution is 7.92. The first kappa shape index (κ1) is 20.3. The summed E-state index contributed by atoms with van der Waals surface area (Å²) >= 11 is 0. The zero-order chi connectivity index (χ0) is 21.0. The molecular weight excluding hydrogens is 395 g/mol. The fraction of sp³-hybridized carbons (Fsp3) is 0.0952. The summed E-state index contributed by atoms with van der Waals surface area (Å²) in [5.74, 6) is -0.599. The summed E-state index contributed by atoms with van der Waals surface area (Å²) in [6, 6.07) is 16.1. The Kier molecular flexibility index (Phi) is 5.84. The molecule has 0 aliphatic carbocycles. The van der Waals surface area contributed by atoms with Crippen molar-refractivity contribution in [2.24, 2.45) is 0 Å². The zero-order valence-electron chi connectivity index (χ0n) is 15.8. The van der Waals surface area contributed by atoms with Crippen molar-refractivity contribution in [3.63, 3.8) is 0 Å². The maximum absolute atomic E-state index is 13.1. The first-order chi connectivity index (χ1) is 13.8. The van der Waals surface area contributed by atoms with E-state index in [0.29, 0.717) is 11.3 Å². The number of methoxy groups -OCH3 is 1. The lowest BCUT2D eigenvalue weighted by atomic mass is 10.1. The summed E-state index contributed by atoms with van der Waals surface area (Å²) in [4.78, 5) is 12.4. The lowest BCUT2D eigenvalue weighted by Crippen LogP contribution is -2.15. The summed E-state index contributed by atoms with van der Waals surface area (Å²) < 4.78 is 45.9. The highest BCUT2D eigenvalue weighted by Gasteiger charge is 2.17. The lowest BCUT2D eigenvalue weighted by molar-refractivity contribution is 0.102. The average Bonchev–Trinajstić information content (AvgIpc) is 2.68. The van der Waals surface area contributed by atoms with Gasteiger partial charge in [-0.15, -0.1) is 0 Å². The van der Waals surface area contributed by atoms with Crippen LogP contribution in [0, 0.1) is 12.7 Å².